The van der Waals surface area contributed by atoms with Crippen molar-refractivity contribution >= 4 is 26.3 Å². The molecule has 0 heterocycles. The molecule has 4 aliphatic rings. The predicted octanol–water partition coefficient (Wildman–Crippen LogP) is 4.18. The van der Waals surface area contributed by atoms with Crippen molar-refractivity contribution in [1.29, 1.82) is 0 Å². The number of hydrogen-bond donors (Lipinski definition) is 2. The van der Waals surface area contributed by atoms with Crippen LogP contribution in [0.15, 0.2) is 23.5 Å². The molecule has 0 spiro atoms. The summed E-state index contributed by atoms with van der Waals surface area (Å²) in [5.41, 5.74) is -0.425. The number of aliphatic hydroxyl groups is 1. The Morgan fingerprint density at radius 3 is 2.62 bits per heavy atom. The van der Waals surface area contributed by atoms with Gasteiger partial charge in [0.1, 0.15) is 0 Å². The monoisotopic (exact) mass is 558 g/mol. The molecule has 0 aromatic carbocycles. The maximum atomic E-state index is 12.4. The standard InChI is InChI=1S/C26H40INO4/c1-7-31-17(3)32-26(22(27)28)16(2)14-21-20-9-8-18-15-19(30-6)10-11-23(18,4)25(20,29)13-12-24(21,26)5/h8,15-17,20-21,28-29H,7,9-14H2,1-6H3/p+1/t16-,17?,20?,21?,23-,24-,25+,26?/m0/s1. The van der Waals surface area contributed by atoms with Gasteiger partial charge in [-0.2, -0.15) is 0 Å². The van der Waals surface area contributed by atoms with Gasteiger partial charge in [-0.05, 0) is 75.4 Å². The molecule has 0 saturated heterocycles. The Kier molecular flexibility index (Phi) is 6.44. The molecule has 0 aromatic heterocycles. The Labute approximate surface area is 207 Å². The second-order valence-electron chi connectivity index (χ2n) is 11.0. The van der Waals surface area contributed by atoms with Crippen LogP contribution in [0.2, 0.25) is 0 Å². The van der Waals surface area contributed by atoms with Gasteiger partial charge < -0.3 is 19.3 Å². The summed E-state index contributed by atoms with van der Waals surface area (Å²) in [6.45, 7) is 11.5. The molecule has 5 nitrogen and oxygen atoms in total. The molecule has 6 heteroatoms. The molecule has 2 fully saturated rings. The van der Waals surface area contributed by atoms with Gasteiger partial charge in [0.15, 0.2) is 11.9 Å². The summed E-state index contributed by atoms with van der Waals surface area (Å²) in [5, 5.41) is 19.1. The summed E-state index contributed by atoms with van der Waals surface area (Å²) in [5.74, 6) is 1.80. The van der Waals surface area contributed by atoms with Gasteiger partial charge >= 0.3 is 0 Å². The van der Waals surface area contributed by atoms with Crippen molar-refractivity contribution in [3.8, 4) is 0 Å². The minimum Gasteiger partial charge on any atom is -0.501 e. The highest BCUT2D eigenvalue weighted by atomic mass is 127. The summed E-state index contributed by atoms with van der Waals surface area (Å²) in [4.78, 5) is 0. The third-order valence-electron chi connectivity index (χ3n) is 9.84. The van der Waals surface area contributed by atoms with Gasteiger partial charge in [0.25, 0.3) is 0 Å². The smallest absolute Gasteiger partial charge is 0.241 e. The first-order chi connectivity index (χ1) is 15.0. The van der Waals surface area contributed by atoms with Crippen LogP contribution in [0.5, 0.6) is 0 Å². The molecule has 0 aromatic rings. The van der Waals surface area contributed by atoms with E-state index in [4.69, 9.17) is 19.6 Å². The number of rotatable bonds is 6. The molecule has 0 aliphatic heterocycles. The largest absolute Gasteiger partial charge is 0.501 e. The van der Waals surface area contributed by atoms with Gasteiger partial charge in [0, 0.05) is 46.4 Å². The van der Waals surface area contributed by atoms with Crippen molar-refractivity contribution in [2.75, 3.05) is 13.7 Å². The van der Waals surface area contributed by atoms with Gasteiger partial charge in [-0.1, -0.05) is 26.8 Å². The normalized spacial score (nSPS) is 46.3. The Morgan fingerprint density at radius 2 is 2.00 bits per heavy atom. The van der Waals surface area contributed by atoms with E-state index in [-0.39, 0.29) is 29.0 Å². The van der Waals surface area contributed by atoms with Crippen LogP contribution in [0.4, 0.5) is 0 Å². The summed E-state index contributed by atoms with van der Waals surface area (Å²) >= 11 is 2.28. The van der Waals surface area contributed by atoms with Crippen molar-refractivity contribution in [3.05, 3.63) is 23.5 Å². The second-order valence-corrected chi connectivity index (χ2v) is 12.1. The molecular formula is C26H41INO4+. The van der Waals surface area contributed by atoms with Crippen molar-refractivity contribution in [2.45, 2.75) is 90.6 Å². The third kappa shape index (κ3) is 3.14. The lowest BCUT2D eigenvalue weighted by molar-refractivity contribution is -0.253. The van der Waals surface area contributed by atoms with Crippen molar-refractivity contribution in [1.82, 2.24) is 0 Å². The first-order valence-corrected chi connectivity index (χ1v) is 13.3. The molecule has 0 amide bonds. The lowest BCUT2D eigenvalue weighted by Gasteiger charge is -2.62. The van der Waals surface area contributed by atoms with E-state index in [2.05, 4.69) is 55.5 Å². The van der Waals surface area contributed by atoms with E-state index >= 15 is 0 Å². The summed E-state index contributed by atoms with van der Waals surface area (Å²) in [6.07, 6.45) is 9.58. The van der Waals surface area contributed by atoms with E-state index in [1.807, 2.05) is 13.8 Å². The molecule has 3 N–H and O–H groups in total. The predicted molar refractivity (Wildman–Crippen MR) is 134 cm³/mol. The summed E-state index contributed by atoms with van der Waals surface area (Å²) in [7, 11) is 1.75. The van der Waals surface area contributed by atoms with Crippen LogP contribution in [0.3, 0.4) is 0 Å². The quantitative estimate of drug-likeness (QED) is 0.292. The fourth-order valence-electron chi connectivity index (χ4n) is 8.07. The van der Waals surface area contributed by atoms with E-state index in [1.54, 1.807) is 7.11 Å². The Hall–Kier alpha value is -0.440. The number of fused-ring (bicyclic) bond motifs is 5. The highest BCUT2D eigenvalue weighted by molar-refractivity contribution is 14.1. The van der Waals surface area contributed by atoms with Crippen LogP contribution in [0.1, 0.15) is 73.1 Å². The number of ether oxygens (including phenoxy) is 3. The third-order valence-corrected chi connectivity index (χ3v) is 10.6. The molecule has 180 valence electrons. The zero-order valence-corrected chi connectivity index (χ0v) is 22.7. The van der Waals surface area contributed by atoms with Gasteiger partial charge in [0.2, 0.25) is 3.72 Å². The van der Waals surface area contributed by atoms with Crippen molar-refractivity contribution < 1.29 is 24.7 Å². The SMILES string of the molecule is CCOC(C)OC1(C(=[NH2+])I)[C@@H](C)CC2C3CC=C4C=C(OC)CC[C@]4(C)[C@@]3(O)CC[C@@]21C. The number of hydrogen-bond acceptors (Lipinski definition) is 4. The Balaban J connectivity index is 1.75. The number of methoxy groups -OCH3 is 1. The van der Waals surface area contributed by atoms with Gasteiger partial charge in [-0.15, -0.1) is 0 Å². The van der Waals surface area contributed by atoms with Gasteiger partial charge in [-0.3, -0.25) is 5.41 Å². The van der Waals surface area contributed by atoms with E-state index in [1.165, 1.54) is 5.57 Å². The van der Waals surface area contributed by atoms with Crippen LogP contribution in [0, 0.1) is 28.6 Å². The first kappa shape index (κ1) is 24.7. The minimum absolute atomic E-state index is 0.149. The summed E-state index contributed by atoms with van der Waals surface area (Å²) in [6, 6.07) is 0. The molecule has 0 radical (unpaired) electrons. The summed E-state index contributed by atoms with van der Waals surface area (Å²) < 4.78 is 18.9. The lowest BCUT2D eigenvalue weighted by Crippen LogP contribution is -2.68. The molecule has 2 saturated carbocycles. The molecule has 4 unspecified atom stereocenters. The highest BCUT2D eigenvalue weighted by Gasteiger charge is 2.73. The van der Waals surface area contributed by atoms with Crippen LogP contribution in [-0.4, -0.2) is 40.0 Å². The van der Waals surface area contributed by atoms with E-state index in [0.717, 1.165) is 48.0 Å². The fourth-order valence-corrected chi connectivity index (χ4v) is 9.35. The van der Waals surface area contributed by atoms with Crippen LogP contribution < -0.4 is 5.41 Å². The zero-order chi connectivity index (χ0) is 23.5. The van der Waals surface area contributed by atoms with Gasteiger partial charge in [-0.25, -0.2) is 0 Å². The highest BCUT2D eigenvalue weighted by Crippen LogP contribution is 2.70. The van der Waals surface area contributed by atoms with Crippen molar-refractivity contribution in [3.63, 3.8) is 0 Å². The topological polar surface area (TPSA) is 73.5 Å². The van der Waals surface area contributed by atoms with Crippen molar-refractivity contribution in [2.24, 2.45) is 28.6 Å². The zero-order valence-electron chi connectivity index (χ0n) is 20.5. The Bertz CT molecular complexity index is 842. The van der Waals surface area contributed by atoms with Crippen LogP contribution >= 0.6 is 22.6 Å². The molecule has 8 atom stereocenters. The molecule has 0 bridgehead atoms. The molecular weight excluding hydrogens is 517 g/mol. The minimum atomic E-state index is -0.724. The van der Waals surface area contributed by atoms with Gasteiger partial charge in [0.05, 0.1) is 18.5 Å². The Morgan fingerprint density at radius 1 is 1.28 bits per heavy atom. The molecule has 4 aliphatic carbocycles. The molecule has 4 rings (SSSR count). The number of halogens is 1. The van der Waals surface area contributed by atoms with E-state index in [9.17, 15) is 5.11 Å². The van der Waals surface area contributed by atoms with Crippen LogP contribution in [0.25, 0.3) is 0 Å². The van der Waals surface area contributed by atoms with E-state index < -0.39 is 11.2 Å². The number of nitrogens with two attached hydrogens (primary N) is 1. The average Bonchev–Trinajstić information content (AvgIpc) is 2.96. The average molecular weight is 559 g/mol. The number of allylic oxidation sites excluding steroid dienone is 3. The fraction of sp³-hybridized carbons (Fsp3) is 0.808. The van der Waals surface area contributed by atoms with Crippen LogP contribution in [-0.2, 0) is 14.2 Å². The maximum Gasteiger partial charge on any atom is 0.241 e. The lowest BCUT2D eigenvalue weighted by atomic mass is 9.45. The van der Waals surface area contributed by atoms with E-state index in [0.29, 0.717) is 12.5 Å². The second kappa shape index (κ2) is 8.35. The first-order valence-electron chi connectivity index (χ1n) is 12.3. The maximum absolute atomic E-state index is 12.4. The molecule has 32 heavy (non-hydrogen) atoms.